The zero-order valence-electron chi connectivity index (χ0n) is 9.00. The molecule has 0 fully saturated rings. The van der Waals surface area contributed by atoms with Crippen molar-refractivity contribution in [1.82, 2.24) is 10.3 Å². The van der Waals surface area contributed by atoms with Crippen LogP contribution >= 0.6 is 11.3 Å². The van der Waals surface area contributed by atoms with Gasteiger partial charge in [0.25, 0.3) is 0 Å². The molecule has 1 aromatic heterocycles. The molecule has 0 aliphatic carbocycles. The molecule has 0 bridgehead atoms. The fourth-order valence-corrected chi connectivity index (χ4v) is 1.54. The summed E-state index contributed by atoms with van der Waals surface area (Å²) in [5, 5.41) is 14.3. The lowest BCUT2D eigenvalue weighted by atomic mass is 9.95. The van der Waals surface area contributed by atoms with Gasteiger partial charge in [0, 0.05) is 5.38 Å². The molecule has 1 aromatic rings. The second kappa shape index (κ2) is 4.41. The molecule has 1 rings (SSSR count). The Bertz CT molecular complexity index is 403. The predicted molar refractivity (Wildman–Crippen MR) is 58.1 cm³/mol. The molecule has 0 aliphatic heterocycles. The van der Waals surface area contributed by atoms with E-state index >= 15 is 0 Å². The molecule has 1 amide bonds. The fourth-order valence-electron chi connectivity index (χ4n) is 0.932. The Balaban J connectivity index is 2.52. The first kappa shape index (κ1) is 11.7. The largest absolute Gasteiger partial charge is 0.349 e. The Hall–Kier alpha value is -1.41. The number of nitriles is 1. The number of hydrogen-bond acceptors (Lipinski definition) is 4. The maximum Gasteiger partial charge on any atom is 0.240 e. The number of rotatable bonds is 3. The van der Waals surface area contributed by atoms with Crippen molar-refractivity contribution < 1.29 is 4.79 Å². The van der Waals surface area contributed by atoms with Gasteiger partial charge in [0.15, 0.2) is 0 Å². The number of aromatic nitrogens is 1. The topological polar surface area (TPSA) is 65.8 Å². The fraction of sp³-hybridized carbons (Fsp3) is 0.500. The highest BCUT2D eigenvalue weighted by molar-refractivity contribution is 7.09. The Labute approximate surface area is 92.9 Å². The molecule has 15 heavy (non-hydrogen) atoms. The van der Waals surface area contributed by atoms with Gasteiger partial charge in [0.1, 0.15) is 5.41 Å². The molecule has 5 heteroatoms. The van der Waals surface area contributed by atoms with Gasteiger partial charge < -0.3 is 5.32 Å². The zero-order valence-corrected chi connectivity index (χ0v) is 9.81. The maximum atomic E-state index is 11.5. The smallest absolute Gasteiger partial charge is 0.240 e. The first-order valence-corrected chi connectivity index (χ1v) is 5.44. The van der Waals surface area contributed by atoms with Crippen molar-refractivity contribution in [3.05, 3.63) is 16.1 Å². The van der Waals surface area contributed by atoms with Crippen LogP contribution in [0.4, 0.5) is 0 Å². The van der Waals surface area contributed by atoms with Crippen molar-refractivity contribution in [2.45, 2.75) is 27.3 Å². The quantitative estimate of drug-likeness (QED) is 0.846. The molecular weight excluding hydrogens is 210 g/mol. The van der Waals surface area contributed by atoms with Crippen molar-refractivity contribution in [3.8, 4) is 6.07 Å². The van der Waals surface area contributed by atoms with Gasteiger partial charge in [-0.25, -0.2) is 4.98 Å². The van der Waals surface area contributed by atoms with E-state index in [1.54, 1.807) is 25.2 Å². The standard InChI is InChI=1S/C10H13N3OS/c1-7-13-8(5-15-7)4-12-9(14)10(2,3)6-11/h5H,4H2,1-3H3,(H,12,14). The van der Waals surface area contributed by atoms with E-state index < -0.39 is 5.41 Å². The maximum absolute atomic E-state index is 11.5. The number of aryl methyl sites for hydroxylation is 1. The van der Waals surface area contributed by atoms with Gasteiger partial charge in [-0.2, -0.15) is 5.26 Å². The van der Waals surface area contributed by atoms with E-state index in [1.807, 2.05) is 18.4 Å². The number of hydrogen-bond donors (Lipinski definition) is 1. The molecule has 1 N–H and O–H groups in total. The number of amides is 1. The summed E-state index contributed by atoms with van der Waals surface area (Å²) in [5.41, 5.74) is -0.148. The molecular formula is C10H13N3OS. The summed E-state index contributed by atoms with van der Waals surface area (Å²) in [5.74, 6) is -0.268. The highest BCUT2D eigenvalue weighted by atomic mass is 32.1. The Morgan fingerprint density at radius 1 is 1.73 bits per heavy atom. The normalized spacial score (nSPS) is 10.8. The first-order valence-electron chi connectivity index (χ1n) is 4.56. The molecule has 0 saturated carbocycles. The van der Waals surface area contributed by atoms with Crippen molar-refractivity contribution in [3.63, 3.8) is 0 Å². The number of nitrogens with zero attached hydrogens (tertiary/aromatic N) is 2. The van der Waals surface area contributed by atoms with Crippen LogP contribution in [-0.2, 0) is 11.3 Å². The summed E-state index contributed by atoms with van der Waals surface area (Å²) in [7, 11) is 0. The van der Waals surface area contributed by atoms with Gasteiger partial charge in [0.2, 0.25) is 5.91 Å². The third-order valence-corrected chi connectivity index (χ3v) is 2.77. The van der Waals surface area contributed by atoms with E-state index in [0.29, 0.717) is 6.54 Å². The van der Waals surface area contributed by atoms with E-state index in [0.717, 1.165) is 10.7 Å². The lowest BCUT2D eigenvalue weighted by molar-refractivity contribution is -0.126. The van der Waals surface area contributed by atoms with Crippen LogP contribution in [0.15, 0.2) is 5.38 Å². The van der Waals surface area contributed by atoms with Gasteiger partial charge in [-0.05, 0) is 20.8 Å². The SMILES string of the molecule is Cc1nc(CNC(=O)C(C)(C)C#N)cs1. The molecule has 0 radical (unpaired) electrons. The lowest BCUT2D eigenvalue weighted by Crippen LogP contribution is -2.35. The Morgan fingerprint density at radius 2 is 2.40 bits per heavy atom. The minimum absolute atomic E-state index is 0.268. The molecule has 0 unspecified atom stereocenters. The van der Waals surface area contributed by atoms with Crippen LogP contribution in [0.25, 0.3) is 0 Å². The van der Waals surface area contributed by atoms with Crippen molar-refractivity contribution in [1.29, 1.82) is 5.26 Å². The molecule has 4 nitrogen and oxygen atoms in total. The van der Waals surface area contributed by atoms with Gasteiger partial charge in [0.05, 0.1) is 23.3 Å². The van der Waals surface area contributed by atoms with Gasteiger partial charge in [-0.3, -0.25) is 4.79 Å². The monoisotopic (exact) mass is 223 g/mol. The van der Waals surface area contributed by atoms with Crippen LogP contribution in [0.2, 0.25) is 0 Å². The van der Waals surface area contributed by atoms with E-state index in [-0.39, 0.29) is 5.91 Å². The highest BCUT2D eigenvalue weighted by Crippen LogP contribution is 2.13. The van der Waals surface area contributed by atoms with Crippen molar-refractivity contribution in [2.75, 3.05) is 0 Å². The summed E-state index contributed by atoms with van der Waals surface area (Å²) < 4.78 is 0. The molecule has 0 aromatic carbocycles. The third-order valence-electron chi connectivity index (χ3n) is 1.94. The molecule has 0 saturated heterocycles. The number of nitrogens with one attached hydrogen (secondary N) is 1. The average Bonchev–Trinajstić information content (AvgIpc) is 2.60. The zero-order chi connectivity index (χ0) is 11.5. The Kier molecular flexibility index (Phi) is 3.43. The highest BCUT2D eigenvalue weighted by Gasteiger charge is 2.26. The summed E-state index contributed by atoms with van der Waals surface area (Å²) in [6.45, 7) is 5.48. The van der Waals surface area contributed by atoms with E-state index in [1.165, 1.54) is 0 Å². The van der Waals surface area contributed by atoms with Gasteiger partial charge in [-0.15, -0.1) is 11.3 Å². The summed E-state index contributed by atoms with van der Waals surface area (Å²) >= 11 is 1.54. The number of carbonyl (C=O) groups excluding carboxylic acids is 1. The first-order chi connectivity index (χ1) is 6.95. The summed E-state index contributed by atoms with van der Waals surface area (Å²) in [6.07, 6.45) is 0. The third kappa shape index (κ3) is 3.03. The van der Waals surface area contributed by atoms with E-state index in [9.17, 15) is 4.79 Å². The van der Waals surface area contributed by atoms with E-state index in [2.05, 4.69) is 10.3 Å². The average molecular weight is 223 g/mol. The van der Waals surface area contributed by atoms with Crippen molar-refractivity contribution in [2.24, 2.45) is 5.41 Å². The lowest BCUT2D eigenvalue weighted by Gasteiger charge is -2.13. The molecule has 0 atom stereocenters. The Morgan fingerprint density at radius 3 is 2.87 bits per heavy atom. The van der Waals surface area contributed by atoms with Crippen LogP contribution in [-0.4, -0.2) is 10.9 Å². The molecule has 80 valence electrons. The molecule has 0 spiro atoms. The summed E-state index contributed by atoms with van der Waals surface area (Å²) in [6, 6.07) is 1.95. The van der Waals surface area contributed by atoms with E-state index in [4.69, 9.17) is 5.26 Å². The van der Waals surface area contributed by atoms with Crippen LogP contribution in [0, 0.1) is 23.7 Å². The number of carbonyl (C=O) groups is 1. The molecule has 0 aliphatic rings. The van der Waals surface area contributed by atoms with Gasteiger partial charge >= 0.3 is 0 Å². The van der Waals surface area contributed by atoms with Gasteiger partial charge in [-0.1, -0.05) is 0 Å². The minimum atomic E-state index is -0.981. The van der Waals surface area contributed by atoms with Crippen LogP contribution in [0.1, 0.15) is 24.5 Å². The number of thiazole rings is 1. The van der Waals surface area contributed by atoms with Crippen LogP contribution < -0.4 is 5.32 Å². The molecule has 1 heterocycles. The van der Waals surface area contributed by atoms with Crippen LogP contribution in [0.5, 0.6) is 0 Å². The summed E-state index contributed by atoms with van der Waals surface area (Å²) in [4.78, 5) is 15.7. The predicted octanol–water partition coefficient (Wildman–Crippen LogP) is 1.62. The minimum Gasteiger partial charge on any atom is -0.349 e. The van der Waals surface area contributed by atoms with Crippen molar-refractivity contribution >= 4 is 17.2 Å². The second-order valence-electron chi connectivity index (χ2n) is 3.78. The van der Waals surface area contributed by atoms with Crippen LogP contribution in [0.3, 0.4) is 0 Å². The second-order valence-corrected chi connectivity index (χ2v) is 4.84.